The zero-order valence-corrected chi connectivity index (χ0v) is 10.9. The van der Waals surface area contributed by atoms with Gasteiger partial charge in [0.25, 0.3) is 0 Å². The van der Waals surface area contributed by atoms with Crippen LogP contribution in [-0.4, -0.2) is 16.9 Å². The number of allylic oxidation sites excluding steroid dienone is 2. The topological polar surface area (TPSA) is 20.2 Å². The van der Waals surface area contributed by atoms with E-state index in [0.717, 1.165) is 26.2 Å². The number of hydrogen-bond donors (Lipinski definition) is 1. The quantitative estimate of drug-likeness (QED) is 0.757. The Labute approximate surface area is 106 Å². The Balaban J connectivity index is 1.79. The molecule has 4 heteroatoms. The van der Waals surface area contributed by atoms with Crippen LogP contribution in [0.2, 0.25) is 0 Å². The Morgan fingerprint density at radius 1 is 1.33 bits per heavy atom. The second kappa shape index (κ2) is 4.55. The number of rotatable bonds is 4. The fourth-order valence-corrected chi connectivity index (χ4v) is 3.45. The second-order valence-electron chi connectivity index (χ2n) is 6.18. The molecule has 0 aromatic rings. The van der Waals surface area contributed by atoms with E-state index in [1.54, 1.807) is 0 Å². The summed E-state index contributed by atoms with van der Waals surface area (Å²) in [6.07, 6.45) is 1.06. The second-order valence-corrected chi connectivity index (χ2v) is 6.18. The van der Waals surface area contributed by atoms with E-state index in [1.165, 1.54) is 5.57 Å². The summed E-state index contributed by atoms with van der Waals surface area (Å²) < 4.78 is 37.5. The molecule has 1 fully saturated rings. The van der Waals surface area contributed by atoms with Crippen LogP contribution >= 0.6 is 0 Å². The minimum atomic E-state index is -4.52. The molecular weight excluding hydrogens is 241 g/mol. The van der Waals surface area contributed by atoms with Crippen LogP contribution in [0.4, 0.5) is 13.2 Å². The summed E-state index contributed by atoms with van der Waals surface area (Å²) in [5, 5.41) is 9.37. The van der Waals surface area contributed by atoms with Crippen molar-refractivity contribution < 1.29 is 18.3 Å². The van der Waals surface area contributed by atoms with Gasteiger partial charge in [-0.05, 0) is 56.8 Å². The Bertz CT molecular complexity index is 343. The third-order valence-corrected chi connectivity index (χ3v) is 4.65. The van der Waals surface area contributed by atoms with E-state index in [0.29, 0.717) is 24.2 Å². The minimum Gasteiger partial charge on any atom is -0.381 e. The van der Waals surface area contributed by atoms with Gasteiger partial charge in [0.1, 0.15) is 0 Å². The van der Waals surface area contributed by atoms with Gasteiger partial charge in [-0.25, -0.2) is 0 Å². The van der Waals surface area contributed by atoms with E-state index in [1.807, 2.05) is 0 Å². The molecular formula is C14H21F3O. The third-order valence-electron chi connectivity index (χ3n) is 4.65. The average molecular weight is 262 g/mol. The average Bonchev–Trinajstić information content (AvgIpc) is 2.73. The summed E-state index contributed by atoms with van der Waals surface area (Å²) in [6, 6.07) is 0. The van der Waals surface area contributed by atoms with Gasteiger partial charge in [0.05, 0.1) is 0 Å². The molecule has 18 heavy (non-hydrogen) atoms. The van der Waals surface area contributed by atoms with E-state index in [-0.39, 0.29) is 6.42 Å². The number of alkyl halides is 3. The normalized spacial score (nSPS) is 34.6. The van der Waals surface area contributed by atoms with Crippen LogP contribution in [0.3, 0.4) is 0 Å². The van der Waals surface area contributed by atoms with Crippen molar-refractivity contribution in [3.8, 4) is 0 Å². The molecule has 4 atom stereocenters. The predicted octanol–water partition coefficient (Wildman–Crippen LogP) is 4.07. The lowest BCUT2D eigenvalue weighted by Gasteiger charge is -2.28. The highest BCUT2D eigenvalue weighted by Gasteiger charge is 2.49. The Hall–Kier alpha value is -0.510. The zero-order chi connectivity index (χ0) is 13.6. The molecule has 0 aliphatic heterocycles. The Morgan fingerprint density at radius 2 is 2.00 bits per heavy atom. The SMILES string of the molecule is CC1C=C2CC(CCCC(C)(O)C(F)(F)F)C1C2. The highest BCUT2D eigenvalue weighted by molar-refractivity contribution is 5.20. The zero-order valence-electron chi connectivity index (χ0n) is 10.9. The maximum atomic E-state index is 12.5. The molecule has 1 saturated carbocycles. The first-order valence-electron chi connectivity index (χ1n) is 6.69. The molecule has 0 amide bonds. The smallest absolute Gasteiger partial charge is 0.381 e. The van der Waals surface area contributed by atoms with E-state index in [2.05, 4.69) is 13.0 Å². The van der Waals surface area contributed by atoms with Crippen LogP contribution in [0.15, 0.2) is 11.6 Å². The largest absolute Gasteiger partial charge is 0.416 e. The highest BCUT2D eigenvalue weighted by Crippen LogP contribution is 2.49. The Kier molecular flexibility index (Phi) is 3.52. The lowest BCUT2D eigenvalue weighted by molar-refractivity contribution is -0.255. The molecule has 0 spiro atoms. The number of aliphatic hydroxyl groups is 1. The van der Waals surface area contributed by atoms with Gasteiger partial charge in [0, 0.05) is 0 Å². The summed E-state index contributed by atoms with van der Waals surface area (Å²) in [5.74, 6) is 1.75. The summed E-state index contributed by atoms with van der Waals surface area (Å²) in [7, 11) is 0. The molecule has 2 aliphatic carbocycles. The molecule has 104 valence electrons. The molecule has 2 rings (SSSR count). The first-order valence-corrected chi connectivity index (χ1v) is 6.69. The predicted molar refractivity (Wildman–Crippen MR) is 64.0 cm³/mol. The van der Waals surface area contributed by atoms with Crippen LogP contribution in [0.25, 0.3) is 0 Å². The van der Waals surface area contributed by atoms with E-state index < -0.39 is 11.8 Å². The van der Waals surface area contributed by atoms with Crippen molar-refractivity contribution in [3.63, 3.8) is 0 Å². The van der Waals surface area contributed by atoms with Crippen LogP contribution in [0.1, 0.15) is 46.0 Å². The molecule has 0 aromatic carbocycles. The van der Waals surface area contributed by atoms with Gasteiger partial charge in [0.2, 0.25) is 0 Å². The minimum absolute atomic E-state index is 0.187. The monoisotopic (exact) mass is 262 g/mol. The van der Waals surface area contributed by atoms with Crippen LogP contribution in [-0.2, 0) is 0 Å². The molecule has 0 aromatic heterocycles. The summed E-state index contributed by atoms with van der Waals surface area (Å²) in [5.41, 5.74) is -1.05. The molecule has 2 bridgehead atoms. The van der Waals surface area contributed by atoms with Crippen LogP contribution < -0.4 is 0 Å². The fraction of sp³-hybridized carbons (Fsp3) is 0.857. The molecule has 0 radical (unpaired) electrons. The van der Waals surface area contributed by atoms with Crippen LogP contribution in [0, 0.1) is 17.8 Å². The van der Waals surface area contributed by atoms with Crippen molar-refractivity contribution >= 4 is 0 Å². The first kappa shape index (κ1) is 13.9. The van der Waals surface area contributed by atoms with Gasteiger partial charge < -0.3 is 5.11 Å². The van der Waals surface area contributed by atoms with Crippen molar-refractivity contribution in [3.05, 3.63) is 11.6 Å². The first-order chi connectivity index (χ1) is 8.21. The maximum absolute atomic E-state index is 12.5. The maximum Gasteiger partial charge on any atom is 0.416 e. The molecule has 1 nitrogen and oxygen atoms in total. The highest BCUT2D eigenvalue weighted by atomic mass is 19.4. The van der Waals surface area contributed by atoms with E-state index >= 15 is 0 Å². The van der Waals surface area contributed by atoms with Crippen LogP contribution in [0.5, 0.6) is 0 Å². The van der Waals surface area contributed by atoms with Gasteiger partial charge in [-0.1, -0.05) is 18.6 Å². The lowest BCUT2D eigenvalue weighted by atomic mass is 9.81. The van der Waals surface area contributed by atoms with Gasteiger partial charge in [-0.2, -0.15) is 13.2 Å². The molecule has 4 unspecified atom stereocenters. The number of halogens is 3. The third kappa shape index (κ3) is 2.58. The summed E-state index contributed by atoms with van der Waals surface area (Å²) in [6.45, 7) is 3.06. The van der Waals surface area contributed by atoms with Gasteiger partial charge >= 0.3 is 6.18 Å². The molecule has 0 saturated heterocycles. The summed E-state index contributed by atoms with van der Waals surface area (Å²) >= 11 is 0. The van der Waals surface area contributed by atoms with Crippen molar-refractivity contribution in [2.24, 2.45) is 17.8 Å². The van der Waals surface area contributed by atoms with E-state index in [9.17, 15) is 18.3 Å². The summed E-state index contributed by atoms with van der Waals surface area (Å²) in [4.78, 5) is 0. The van der Waals surface area contributed by atoms with Crippen molar-refractivity contribution in [1.29, 1.82) is 0 Å². The number of hydrogen-bond acceptors (Lipinski definition) is 1. The molecule has 1 N–H and O–H groups in total. The van der Waals surface area contributed by atoms with Crippen molar-refractivity contribution in [2.45, 2.75) is 57.7 Å². The Morgan fingerprint density at radius 3 is 2.50 bits per heavy atom. The van der Waals surface area contributed by atoms with Gasteiger partial charge in [-0.3, -0.25) is 0 Å². The van der Waals surface area contributed by atoms with E-state index in [4.69, 9.17) is 0 Å². The van der Waals surface area contributed by atoms with Gasteiger partial charge in [0.15, 0.2) is 5.60 Å². The fourth-order valence-electron chi connectivity index (χ4n) is 3.45. The van der Waals surface area contributed by atoms with Crippen molar-refractivity contribution in [2.75, 3.05) is 0 Å². The number of fused-ring (bicyclic) bond motifs is 2. The molecule has 0 heterocycles. The van der Waals surface area contributed by atoms with Gasteiger partial charge in [-0.15, -0.1) is 0 Å². The van der Waals surface area contributed by atoms with Crippen molar-refractivity contribution in [1.82, 2.24) is 0 Å². The molecule has 2 aliphatic rings. The lowest BCUT2D eigenvalue weighted by Crippen LogP contribution is -2.42. The standard InChI is InChI=1S/C14H21F3O/c1-9-6-10-7-11(12(9)8-10)4-3-5-13(2,18)14(15,16)17/h6,9,11-12,18H,3-5,7-8H2,1-2H3.